The first-order valence-electron chi connectivity index (χ1n) is 9.36. The molecule has 0 atom stereocenters. The number of fused-ring (bicyclic) bond motifs is 1. The Morgan fingerprint density at radius 2 is 1.91 bits per heavy atom. The maximum absolute atomic E-state index is 12.5. The number of amides is 1. The molecule has 2 aromatic carbocycles. The Balaban J connectivity index is 1.49. The van der Waals surface area contributed by atoms with Crippen molar-refractivity contribution in [2.45, 2.75) is 6.92 Å². The van der Waals surface area contributed by atoms with Gasteiger partial charge in [0.05, 0.1) is 11.8 Å². The first kappa shape index (κ1) is 21.8. The number of thioether (sulfide) groups is 1. The predicted molar refractivity (Wildman–Crippen MR) is 124 cm³/mol. The van der Waals surface area contributed by atoms with E-state index >= 15 is 0 Å². The van der Waals surface area contributed by atoms with Gasteiger partial charge < -0.3 is 8.92 Å². The van der Waals surface area contributed by atoms with E-state index < -0.39 is 16.0 Å². The molecule has 11 heteroatoms. The molecule has 0 fully saturated rings. The van der Waals surface area contributed by atoms with Crippen molar-refractivity contribution in [3.05, 3.63) is 65.2 Å². The molecule has 2 aliphatic rings. The lowest BCUT2D eigenvalue weighted by Crippen LogP contribution is -2.35. The fraction of sp³-hybridized carbons (Fsp3) is 0.143. The monoisotopic (exact) mass is 470 g/mol. The van der Waals surface area contributed by atoms with Gasteiger partial charge in [-0.1, -0.05) is 24.3 Å². The fourth-order valence-corrected chi connectivity index (χ4v) is 4.16. The highest BCUT2D eigenvalue weighted by molar-refractivity contribution is 8.27. The topological polar surface area (TPSA) is 121 Å². The van der Waals surface area contributed by atoms with Crippen molar-refractivity contribution in [1.29, 1.82) is 5.41 Å². The number of rotatable bonds is 6. The van der Waals surface area contributed by atoms with Crippen molar-refractivity contribution in [3.63, 3.8) is 0 Å². The smallest absolute Gasteiger partial charge is 0.306 e. The minimum Gasteiger partial charge on any atom is -0.487 e. The summed E-state index contributed by atoms with van der Waals surface area (Å²) in [5.41, 5.74) is 1.72. The summed E-state index contributed by atoms with van der Waals surface area (Å²) in [5.74, 6) is 0.199. The van der Waals surface area contributed by atoms with Crippen molar-refractivity contribution in [2.24, 2.45) is 10.1 Å². The number of hydrogen-bond donors (Lipinski definition) is 1. The van der Waals surface area contributed by atoms with E-state index in [1.807, 2.05) is 31.2 Å². The maximum atomic E-state index is 12.5. The van der Waals surface area contributed by atoms with Crippen LogP contribution in [0.4, 0.5) is 0 Å². The lowest BCUT2D eigenvalue weighted by Gasteiger charge is -2.20. The highest BCUT2D eigenvalue weighted by atomic mass is 32.2. The molecule has 1 amide bonds. The number of carbonyl (C=O) groups excluding carboxylic acids is 1. The molecule has 2 aromatic rings. The van der Waals surface area contributed by atoms with Crippen molar-refractivity contribution in [1.82, 2.24) is 5.01 Å². The van der Waals surface area contributed by atoms with Crippen molar-refractivity contribution in [2.75, 3.05) is 12.9 Å². The molecule has 9 nitrogen and oxygen atoms in total. The number of hydrogen-bond acceptors (Lipinski definition) is 8. The first-order chi connectivity index (χ1) is 15.2. The third-order valence-electron chi connectivity index (χ3n) is 4.29. The summed E-state index contributed by atoms with van der Waals surface area (Å²) in [5, 5.41) is 15.0. The van der Waals surface area contributed by atoms with Crippen molar-refractivity contribution < 1.29 is 22.1 Å². The number of nitrogens with zero attached hydrogens (tertiary/aromatic N) is 3. The van der Waals surface area contributed by atoms with E-state index in [0.29, 0.717) is 21.5 Å². The number of nitrogens with one attached hydrogen (secondary N) is 1. The van der Waals surface area contributed by atoms with Crippen LogP contribution in [-0.4, -0.2) is 48.2 Å². The third kappa shape index (κ3) is 5.06. The number of benzene rings is 2. The summed E-state index contributed by atoms with van der Waals surface area (Å²) in [6.07, 6.45) is 2.45. The van der Waals surface area contributed by atoms with Crippen LogP contribution in [0.3, 0.4) is 0 Å². The second kappa shape index (κ2) is 8.60. The Kier molecular flexibility index (Phi) is 5.85. The minimum absolute atomic E-state index is 0.0655. The second-order valence-electron chi connectivity index (χ2n) is 6.98. The molecule has 0 radical (unpaired) electrons. The van der Waals surface area contributed by atoms with E-state index in [-0.39, 0.29) is 23.8 Å². The van der Waals surface area contributed by atoms with Crippen LogP contribution in [0.5, 0.6) is 11.5 Å². The molecule has 2 heterocycles. The highest BCUT2D eigenvalue weighted by Gasteiger charge is 2.35. The molecule has 0 bridgehead atoms. The Morgan fingerprint density at radius 1 is 1.16 bits per heavy atom. The predicted octanol–water partition coefficient (Wildman–Crippen LogP) is 3.03. The van der Waals surface area contributed by atoms with Gasteiger partial charge in [0.2, 0.25) is 5.17 Å². The van der Waals surface area contributed by atoms with Crippen LogP contribution in [0, 0.1) is 12.3 Å². The van der Waals surface area contributed by atoms with Gasteiger partial charge in [-0.3, -0.25) is 10.2 Å². The van der Waals surface area contributed by atoms with Crippen molar-refractivity contribution in [3.8, 4) is 11.5 Å². The fourth-order valence-electron chi connectivity index (χ4n) is 2.90. The molecule has 164 valence electrons. The molecule has 0 aliphatic carbocycles. The van der Waals surface area contributed by atoms with E-state index in [9.17, 15) is 13.2 Å². The van der Waals surface area contributed by atoms with Gasteiger partial charge in [-0.15, -0.1) is 0 Å². The third-order valence-corrected chi connectivity index (χ3v) is 5.66. The molecule has 0 spiro atoms. The SMILES string of the molecule is Cc1cccc(OCC2=NN3C(=N)/C(=C/c4ccc(OS(C)(=O)=O)cc4)C(=O)N=C3S2)c1. The molecule has 1 N–H and O–H groups in total. The normalized spacial score (nSPS) is 17.2. The lowest BCUT2D eigenvalue weighted by atomic mass is 10.1. The molecule has 0 unspecified atom stereocenters. The zero-order valence-corrected chi connectivity index (χ0v) is 18.7. The minimum atomic E-state index is -3.63. The maximum Gasteiger partial charge on any atom is 0.306 e. The summed E-state index contributed by atoms with van der Waals surface area (Å²) < 4.78 is 33.0. The van der Waals surface area contributed by atoms with Crippen LogP contribution in [-0.2, 0) is 14.9 Å². The van der Waals surface area contributed by atoms with E-state index in [4.69, 9.17) is 14.3 Å². The summed E-state index contributed by atoms with van der Waals surface area (Å²) in [4.78, 5) is 16.5. The second-order valence-corrected chi connectivity index (χ2v) is 9.59. The van der Waals surface area contributed by atoms with Gasteiger partial charge in [0.1, 0.15) is 23.1 Å². The molecule has 2 aliphatic heterocycles. The molecule has 0 saturated carbocycles. The van der Waals surface area contributed by atoms with Crippen LogP contribution in [0.1, 0.15) is 11.1 Å². The van der Waals surface area contributed by atoms with Gasteiger partial charge >= 0.3 is 10.1 Å². The average molecular weight is 471 g/mol. The number of aryl methyl sites for hydroxylation is 1. The van der Waals surface area contributed by atoms with Crippen LogP contribution < -0.4 is 8.92 Å². The summed E-state index contributed by atoms with van der Waals surface area (Å²) in [7, 11) is -3.63. The summed E-state index contributed by atoms with van der Waals surface area (Å²) in [6, 6.07) is 13.7. The van der Waals surface area contributed by atoms with Crippen molar-refractivity contribution >= 4 is 49.9 Å². The standard InChI is InChI=1S/C21H18N4O5S2/c1-13-4-3-5-16(10-13)29-12-18-24-25-19(22)17(20(26)23-21(25)31-18)11-14-6-8-15(9-7-14)30-32(2,27)28/h3-11,22H,12H2,1-2H3/b17-11-,22-19?. The van der Waals surface area contributed by atoms with E-state index in [0.717, 1.165) is 11.8 Å². The Bertz CT molecular complexity index is 1300. The Morgan fingerprint density at radius 3 is 2.59 bits per heavy atom. The lowest BCUT2D eigenvalue weighted by molar-refractivity contribution is -0.114. The highest BCUT2D eigenvalue weighted by Crippen LogP contribution is 2.29. The zero-order valence-electron chi connectivity index (χ0n) is 17.1. The zero-order chi connectivity index (χ0) is 22.9. The molecular formula is C21H18N4O5S2. The van der Waals surface area contributed by atoms with Gasteiger partial charge in [0, 0.05) is 0 Å². The molecule has 0 saturated heterocycles. The largest absolute Gasteiger partial charge is 0.487 e. The van der Waals surface area contributed by atoms with Crippen LogP contribution in [0.25, 0.3) is 6.08 Å². The first-order valence-corrected chi connectivity index (χ1v) is 12.0. The van der Waals surface area contributed by atoms with Crippen LogP contribution in [0.2, 0.25) is 0 Å². The Hall–Kier alpha value is -3.44. The van der Waals surface area contributed by atoms with Gasteiger partial charge in [-0.25, -0.2) is 0 Å². The van der Waals surface area contributed by atoms with Gasteiger partial charge in [0.25, 0.3) is 5.91 Å². The molecule has 32 heavy (non-hydrogen) atoms. The molecule has 0 aromatic heterocycles. The van der Waals surface area contributed by atoms with Crippen LogP contribution >= 0.6 is 11.8 Å². The van der Waals surface area contributed by atoms with E-state index in [1.54, 1.807) is 12.1 Å². The number of ether oxygens (including phenoxy) is 1. The number of aliphatic imine (C=N–C) groups is 1. The average Bonchev–Trinajstić information content (AvgIpc) is 3.13. The van der Waals surface area contributed by atoms with Gasteiger partial charge in [-0.05, 0) is 60.2 Å². The molecular weight excluding hydrogens is 452 g/mol. The van der Waals surface area contributed by atoms with Gasteiger partial charge in [0.15, 0.2) is 5.84 Å². The quantitative estimate of drug-likeness (QED) is 0.509. The number of amidine groups is 2. The van der Waals surface area contributed by atoms with Crippen LogP contribution in [0.15, 0.2) is 64.2 Å². The number of carbonyl (C=O) groups is 1. The molecule has 4 rings (SSSR count). The van der Waals surface area contributed by atoms with E-state index in [1.165, 1.54) is 35.0 Å². The Labute approximate surface area is 189 Å². The number of hydrazone groups is 1. The van der Waals surface area contributed by atoms with Gasteiger partial charge in [-0.2, -0.15) is 23.5 Å². The summed E-state index contributed by atoms with van der Waals surface area (Å²) >= 11 is 1.18. The van der Waals surface area contributed by atoms with E-state index in [2.05, 4.69) is 10.1 Å². The summed E-state index contributed by atoms with van der Waals surface area (Å²) in [6.45, 7) is 2.16.